The van der Waals surface area contributed by atoms with E-state index in [9.17, 15) is 5.26 Å². The first-order valence-electron chi connectivity index (χ1n) is 11.8. The summed E-state index contributed by atoms with van der Waals surface area (Å²) in [6.07, 6.45) is 1.18. The summed E-state index contributed by atoms with van der Waals surface area (Å²) in [5.41, 5.74) is 6.70. The van der Waals surface area contributed by atoms with Gasteiger partial charge in [0.05, 0.1) is 17.9 Å². The van der Waals surface area contributed by atoms with Gasteiger partial charge in [0.25, 0.3) is 0 Å². The monoisotopic (exact) mass is 453 g/mol. The van der Waals surface area contributed by atoms with Crippen molar-refractivity contribution in [3.8, 4) is 40.0 Å². The van der Waals surface area contributed by atoms with Crippen molar-refractivity contribution >= 4 is 0 Å². The van der Waals surface area contributed by atoms with Crippen LogP contribution in [0.25, 0.3) is 22.4 Å². The van der Waals surface area contributed by atoms with Crippen molar-refractivity contribution in [2.24, 2.45) is 5.41 Å². The highest BCUT2D eigenvalue weighted by molar-refractivity contribution is 5.81. The Bertz CT molecular complexity index is 1280. The molecule has 4 heterocycles. The summed E-state index contributed by atoms with van der Waals surface area (Å²) in [5, 5.41) is 10.1. The molecule has 172 valence electrons. The summed E-state index contributed by atoms with van der Waals surface area (Å²) in [6.45, 7) is 8.05. The highest BCUT2D eigenvalue weighted by atomic mass is 16.6. The number of likely N-dealkylation sites (tertiary alicyclic amines) is 1. The Labute approximate surface area is 199 Å². The van der Waals surface area contributed by atoms with Gasteiger partial charge in [0, 0.05) is 48.5 Å². The molecule has 1 aromatic heterocycles. The van der Waals surface area contributed by atoms with Gasteiger partial charge in [0.2, 0.25) is 0 Å². The number of pyridine rings is 1. The van der Waals surface area contributed by atoms with Crippen LogP contribution >= 0.6 is 0 Å². The summed E-state index contributed by atoms with van der Waals surface area (Å²) >= 11 is 0. The van der Waals surface area contributed by atoms with Crippen LogP contribution in [0.5, 0.6) is 11.5 Å². The number of hydrogen-bond acceptors (Lipinski definition) is 6. The number of hydrogen-bond donors (Lipinski definition) is 0. The van der Waals surface area contributed by atoms with Crippen molar-refractivity contribution < 1.29 is 14.2 Å². The Hall–Kier alpha value is -3.40. The van der Waals surface area contributed by atoms with Crippen molar-refractivity contribution in [1.82, 2.24) is 9.88 Å². The van der Waals surface area contributed by atoms with E-state index in [1.165, 1.54) is 12.0 Å². The molecule has 0 bridgehead atoms. The minimum atomic E-state index is 0.386. The number of ether oxygens (including phenoxy) is 3. The van der Waals surface area contributed by atoms with Gasteiger partial charge in [-0.05, 0) is 42.7 Å². The Morgan fingerprint density at radius 1 is 1.00 bits per heavy atom. The number of aryl methyl sites for hydroxylation is 1. The summed E-state index contributed by atoms with van der Waals surface area (Å²) in [4.78, 5) is 7.38. The first-order valence-corrected chi connectivity index (χ1v) is 11.8. The average molecular weight is 454 g/mol. The van der Waals surface area contributed by atoms with E-state index in [2.05, 4.69) is 24.0 Å². The molecule has 3 aliphatic rings. The number of aromatic nitrogens is 1. The standard InChI is InChI=1S/C28H27N3O3/c1-19-21(15-31-16-28(17-31)9-10-32-18-28)5-7-25(30-19)23-4-2-3-22(24(23)14-29)20-6-8-26-27(13-20)34-12-11-33-26/h2-8,13H,9-12,15-18H2,1H3. The second-order valence-electron chi connectivity index (χ2n) is 9.59. The zero-order valence-electron chi connectivity index (χ0n) is 19.3. The van der Waals surface area contributed by atoms with Crippen LogP contribution in [0, 0.1) is 23.7 Å². The van der Waals surface area contributed by atoms with Gasteiger partial charge >= 0.3 is 0 Å². The maximum absolute atomic E-state index is 10.1. The van der Waals surface area contributed by atoms with Crippen LogP contribution in [0.2, 0.25) is 0 Å². The molecule has 0 N–H and O–H groups in total. The average Bonchev–Trinajstić information content (AvgIpc) is 3.34. The van der Waals surface area contributed by atoms with Gasteiger partial charge in [-0.3, -0.25) is 9.88 Å². The SMILES string of the molecule is Cc1nc(-c2cccc(-c3ccc4c(c3)OCCO4)c2C#N)ccc1CN1CC2(CCOC2)C1. The number of fused-ring (bicyclic) bond motifs is 1. The van der Waals surface area contributed by atoms with Gasteiger partial charge in [-0.2, -0.15) is 5.26 Å². The summed E-state index contributed by atoms with van der Waals surface area (Å²) in [7, 11) is 0. The first kappa shape index (κ1) is 21.2. The predicted octanol–water partition coefficient (Wildman–Crippen LogP) is 4.59. The van der Waals surface area contributed by atoms with Gasteiger partial charge in [0.15, 0.2) is 11.5 Å². The molecular weight excluding hydrogens is 426 g/mol. The molecule has 0 aliphatic carbocycles. The molecule has 3 aliphatic heterocycles. The minimum absolute atomic E-state index is 0.386. The summed E-state index contributed by atoms with van der Waals surface area (Å²) < 4.78 is 17.0. The molecule has 0 radical (unpaired) electrons. The maximum atomic E-state index is 10.1. The molecular formula is C28H27N3O3. The fourth-order valence-electron chi connectivity index (χ4n) is 5.40. The molecule has 2 saturated heterocycles. The molecule has 0 saturated carbocycles. The molecule has 0 atom stereocenters. The van der Waals surface area contributed by atoms with Gasteiger partial charge in [-0.1, -0.05) is 30.3 Å². The lowest BCUT2D eigenvalue weighted by Gasteiger charge is -2.47. The van der Waals surface area contributed by atoms with E-state index in [1.807, 2.05) is 42.5 Å². The van der Waals surface area contributed by atoms with E-state index in [-0.39, 0.29) is 0 Å². The van der Waals surface area contributed by atoms with E-state index < -0.39 is 0 Å². The second kappa shape index (κ2) is 8.43. The first-order chi connectivity index (χ1) is 16.6. The van der Waals surface area contributed by atoms with Crippen molar-refractivity contribution in [1.29, 1.82) is 5.26 Å². The van der Waals surface area contributed by atoms with Gasteiger partial charge < -0.3 is 14.2 Å². The van der Waals surface area contributed by atoms with Crippen LogP contribution in [0.4, 0.5) is 0 Å². The topological polar surface area (TPSA) is 67.6 Å². The van der Waals surface area contributed by atoms with E-state index in [4.69, 9.17) is 19.2 Å². The molecule has 6 nitrogen and oxygen atoms in total. The van der Waals surface area contributed by atoms with E-state index >= 15 is 0 Å². The van der Waals surface area contributed by atoms with E-state index in [0.717, 1.165) is 66.7 Å². The van der Waals surface area contributed by atoms with Crippen molar-refractivity contribution in [3.63, 3.8) is 0 Å². The lowest BCUT2D eigenvalue weighted by molar-refractivity contribution is -0.0125. The highest BCUT2D eigenvalue weighted by Gasteiger charge is 2.45. The Morgan fingerprint density at radius 2 is 1.82 bits per heavy atom. The lowest BCUT2D eigenvalue weighted by atomic mass is 9.79. The van der Waals surface area contributed by atoms with Crippen LogP contribution in [-0.2, 0) is 11.3 Å². The van der Waals surface area contributed by atoms with Crippen LogP contribution in [0.3, 0.4) is 0 Å². The van der Waals surface area contributed by atoms with Crippen molar-refractivity contribution in [2.45, 2.75) is 19.9 Å². The minimum Gasteiger partial charge on any atom is -0.486 e. The molecule has 1 spiro atoms. The highest BCUT2D eigenvalue weighted by Crippen LogP contribution is 2.40. The maximum Gasteiger partial charge on any atom is 0.161 e. The third-order valence-electron chi connectivity index (χ3n) is 7.20. The second-order valence-corrected chi connectivity index (χ2v) is 9.59. The van der Waals surface area contributed by atoms with Crippen molar-refractivity contribution in [2.75, 3.05) is 39.5 Å². The molecule has 0 amide bonds. The molecule has 6 heteroatoms. The fourth-order valence-corrected chi connectivity index (χ4v) is 5.40. The van der Waals surface area contributed by atoms with Gasteiger partial charge in [-0.15, -0.1) is 0 Å². The number of rotatable bonds is 4. The van der Waals surface area contributed by atoms with Gasteiger partial charge in [-0.25, -0.2) is 0 Å². The number of benzene rings is 2. The molecule has 6 rings (SSSR count). The molecule has 2 aromatic carbocycles. The van der Waals surface area contributed by atoms with E-state index in [0.29, 0.717) is 29.9 Å². The third-order valence-corrected chi connectivity index (χ3v) is 7.20. The third kappa shape index (κ3) is 3.71. The lowest BCUT2D eigenvalue weighted by Crippen LogP contribution is -2.56. The molecule has 34 heavy (non-hydrogen) atoms. The normalized spacial score (nSPS) is 18.5. The number of nitriles is 1. The van der Waals surface area contributed by atoms with Gasteiger partial charge in [0.1, 0.15) is 19.3 Å². The van der Waals surface area contributed by atoms with E-state index in [1.54, 1.807) is 0 Å². The molecule has 3 aromatic rings. The summed E-state index contributed by atoms with van der Waals surface area (Å²) in [5.74, 6) is 1.46. The largest absolute Gasteiger partial charge is 0.486 e. The predicted molar refractivity (Wildman–Crippen MR) is 129 cm³/mol. The number of nitrogens with zero attached hydrogens (tertiary/aromatic N) is 3. The smallest absolute Gasteiger partial charge is 0.161 e. The van der Waals surface area contributed by atoms with Crippen molar-refractivity contribution in [3.05, 3.63) is 65.4 Å². The quantitative estimate of drug-likeness (QED) is 0.576. The van der Waals surface area contributed by atoms with Crippen LogP contribution in [0.1, 0.15) is 23.2 Å². The zero-order valence-corrected chi connectivity index (χ0v) is 19.3. The molecule has 0 unspecified atom stereocenters. The summed E-state index contributed by atoms with van der Waals surface area (Å²) in [6, 6.07) is 18.4. The Morgan fingerprint density at radius 3 is 2.59 bits per heavy atom. The molecule has 2 fully saturated rings. The Balaban J connectivity index is 1.27. The van der Waals surface area contributed by atoms with Crippen LogP contribution < -0.4 is 9.47 Å². The zero-order chi connectivity index (χ0) is 23.1. The van der Waals surface area contributed by atoms with Crippen LogP contribution in [0.15, 0.2) is 48.5 Å². The van der Waals surface area contributed by atoms with Crippen LogP contribution in [-0.4, -0.2) is 49.4 Å². The Kier molecular flexibility index (Phi) is 5.24. The fraction of sp³-hybridized carbons (Fsp3) is 0.357.